The number of ether oxygens (including phenoxy) is 2. The quantitative estimate of drug-likeness (QED) is 0.385. The Hall–Kier alpha value is -1.76. The molecule has 0 radical (unpaired) electrons. The lowest BCUT2D eigenvalue weighted by molar-refractivity contribution is 0.0527. The summed E-state index contributed by atoms with van der Waals surface area (Å²) in [5.74, 6) is -0.519. The van der Waals surface area contributed by atoms with Crippen LogP contribution in [0.1, 0.15) is 57.8 Å². The number of unbranched alkanes of at least 4 members (excludes halogenated alkanes) is 1. The van der Waals surface area contributed by atoms with E-state index in [-0.39, 0.29) is 22.2 Å². The number of thiophene rings is 1. The Morgan fingerprint density at radius 1 is 1.14 bits per heavy atom. The zero-order valence-electron chi connectivity index (χ0n) is 16.3. The minimum absolute atomic E-state index is 0.255. The van der Waals surface area contributed by atoms with E-state index in [4.69, 9.17) is 32.7 Å². The second-order valence-corrected chi connectivity index (χ2v) is 8.17. The number of carbonyl (C=O) groups is 2. The van der Waals surface area contributed by atoms with Gasteiger partial charge < -0.3 is 14.8 Å². The number of hydrogen-bond donors (Lipinski definition) is 1. The maximum Gasteiger partial charge on any atom is 0.341 e. The van der Waals surface area contributed by atoms with Gasteiger partial charge in [0.25, 0.3) is 5.91 Å². The Morgan fingerprint density at radius 2 is 1.79 bits per heavy atom. The molecule has 0 unspecified atom stereocenters. The maximum absolute atomic E-state index is 12.7. The molecule has 2 rings (SSSR count). The summed E-state index contributed by atoms with van der Waals surface area (Å²) in [6.07, 6.45) is 1.86. The molecule has 0 spiro atoms. The Bertz CT molecular complexity index is 856. The highest BCUT2D eigenvalue weighted by Gasteiger charge is 2.23. The normalized spacial score (nSPS) is 10.6. The van der Waals surface area contributed by atoms with Crippen molar-refractivity contribution in [2.75, 3.05) is 18.5 Å². The summed E-state index contributed by atoms with van der Waals surface area (Å²) < 4.78 is 10.7. The second kappa shape index (κ2) is 10.1. The highest BCUT2D eigenvalue weighted by molar-refractivity contribution is 7.16. The van der Waals surface area contributed by atoms with Crippen molar-refractivity contribution in [3.8, 4) is 5.75 Å². The predicted molar refractivity (Wildman–Crippen MR) is 115 cm³/mol. The average molecular weight is 444 g/mol. The van der Waals surface area contributed by atoms with Gasteiger partial charge in [-0.1, -0.05) is 36.5 Å². The van der Waals surface area contributed by atoms with Crippen LogP contribution in [0.4, 0.5) is 5.00 Å². The first-order valence-electron chi connectivity index (χ1n) is 9.00. The van der Waals surface area contributed by atoms with Crippen LogP contribution in [0.3, 0.4) is 0 Å². The number of esters is 1. The van der Waals surface area contributed by atoms with Gasteiger partial charge in [-0.2, -0.15) is 0 Å². The molecule has 0 saturated heterocycles. The van der Waals surface area contributed by atoms with Gasteiger partial charge in [0, 0.05) is 10.4 Å². The monoisotopic (exact) mass is 443 g/mol. The van der Waals surface area contributed by atoms with E-state index in [0.29, 0.717) is 22.9 Å². The molecule has 5 nitrogen and oxygen atoms in total. The molecular formula is C20H23Cl2NO4S. The fourth-order valence-electron chi connectivity index (χ4n) is 2.49. The molecule has 28 heavy (non-hydrogen) atoms. The molecule has 0 fully saturated rings. The van der Waals surface area contributed by atoms with Crippen molar-refractivity contribution in [3.05, 3.63) is 43.7 Å². The van der Waals surface area contributed by atoms with Gasteiger partial charge in [0.05, 0.1) is 28.8 Å². The number of nitrogens with one attached hydrogen (secondary N) is 1. The number of benzene rings is 1. The van der Waals surface area contributed by atoms with Crippen LogP contribution < -0.4 is 10.1 Å². The van der Waals surface area contributed by atoms with Gasteiger partial charge in [-0.05, 0) is 44.9 Å². The van der Waals surface area contributed by atoms with E-state index in [0.717, 1.165) is 23.3 Å². The fraction of sp³-hybridized carbons (Fsp3) is 0.400. The lowest BCUT2D eigenvalue weighted by atomic mass is 10.1. The van der Waals surface area contributed by atoms with Gasteiger partial charge in [-0.3, -0.25) is 4.79 Å². The van der Waals surface area contributed by atoms with E-state index >= 15 is 0 Å². The second-order valence-electron chi connectivity index (χ2n) is 6.13. The lowest BCUT2D eigenvalue weighted by Crippen LogP contribution is -2.15. The molecule has 1 N–H and O–H groups in total. The van der Waals surface area contributed by atoms with Crippen LogP contribution >= 0.6 is 34.5 Å². The van der Waals surface area contributed by atoms with Crippen molar-refractivity contribution in [1.29, 1.82) is 0 Å². The smallest absolute Gasteiger partial charge is 0.341 e. The standard InChI is InChI=1S/C20H23Cl2NO4S/c1-5-7-8-27-17-14(21)9-13(10-15(17)22)18(24)23-19-16(20(25)26-6-2)11(3)12(4)28-19/h9-10H,5-8H2,1-4H3,(H,23,24). The van der Waals surface area contributed by atoms with Crippen LogP contribution in [0.5, 0.6) is 5.75 Å². The lowest BCUT2D eigenvalue weighted by Gasteiger charge is -2.12. The molecule has 0 atom stereocenters. The molecule has 0 saturated carbocycles. The third-order valence-corrected chi connectivity index (χ3v) is 5.78. The summed E-state index contributed by atoms with van der Waals surface area (Å²) in [6.45, 7) is 8.25. The fourth-order valence-corrected chi connectivity index (χ4v) is 4.13. The molecule has 0 bridgehead atoms. The zero-order chi connectivity index (χ0) is 20.8. The van der Waals surface area contributed by atoms with E-state index < -0.39 is 11.9 Å². The van der Waals surface area contributed by atoms with Crippen molar-refractivity contribution in [2.24, 2.45) is 0 Å². The average Bonchev–Trinajstić information content (AvgIpc) is 2.91. The van der Waals surface area contributed by atoms with Crippen molar-refractivity contribution in [3.63, 3.8) is 0 Å². The molecular weight excluding hydrogens is 421 g/mol. The molecule has 2 aromatic rings. The van der Waals surface area contributed by atoms with E-state index in [1.54, 1.807) is 6.92 Å². The van der Waals surface area contributed by atoms with Gasteiger partial charge >= 0.3 is 5.97 Å². The van der Waals surface area contributed by atoms with E-state index in [9.17, 15) is 9.59 Å². The highest BCUT2D eigenvalue weighted by Crippen LogP contribution is 2.36. The molecule has 0 aliphatic carbocycles. The predicted octanol–water partition coefficient (Wildman–Crippen LogP) is 6.28. The molecule has 8 heteroatoms. The minimum Gasteiger partial charge on any atom is -0.490 e. The van der Waals surface area contributed by atoms with Crippen molar-refractivity contribution in [1.82, 2.24) is 0 Å². The molecule has 152 valence electrons. The topological polar surface area (TPSA) is 64.6 Å². The zero-order valence-corrected chi connectivity index (χ0v) is 18.6. The molecule has 1 aromatic carbocycles. The largest absolute Gasteiger partial charge is 0.490 e. The number of halogens is 2. The van der Waals surface area contributed by atoms with Crippen LogP contribution in [-0.2, 0) is 4.74 Å². The third-order valence-electron chi connectivity index (χ3n) is 4.10. The molecule has 1 amide bonds. The van der Waals surface area contributed by atoms with Crippen LogP contribution in [0.2, 0.25) is 10.0 Å². The number of amides is 1. The van der Waals surface area contributed by atoms with Gasteiger partial charge in [0.15, 0.2) is 5.75 Å². The molecule has 0 aliphatic heterocycles. The number of aryl methyl sites for hydroxylation is 1. The SMILES string of the molecule is CCCCOc1c(Cl)cc(C(=O)Nc2sc(C)c(C)c2C(=O)OCC)cc1Cl. The Labute approximate surface area is 178 Å². The Morgan fingerprint density at radius 3 is 2.36 bits per heavy atom. The summed E-state index contributed by atoms with van der Waals surface area (Å²) in [6, 6.07) is 3.00. The number of hydrogen-bond acceptors (Lipinski definition) is 5. The van der Waals surface area contributed by atoms with Crippen LogP contribution in [-0.4, -0.2) is 25.1 Å². The van der Waals surface area contributed by atoms with Gasteiger partial charge in [0.1, 0.15) is 5.00 Å². The first-order chi connectivity index (χ1) is 13.3. The first-order valence-corrected chi connectivity index (χ1v) is 10.6. The highest BCUT2D eigenvalue weighted by atomic mass is 35.5. The molecule has 0 aliphatic rings. The molecule has 1 heterocycles. The minimum atomic E-state index is -0.463. The number of carbonyl (C=O) groups excluding carboxylic acids is 2. The summed E-state index contributed by atoms with van der Waals surface area (Å²) >= 11 is 13.8. The van der Waals surface area contributed by atoms with E-state index in [1.807, 2.05) is 13.8 Å². The summed E-state index contributed by atoms with van der Waals surface area (Å²) in [4.78, 5) is 25.9. The number of anilines is 1. The van der Waals surface area contributed by atoms with E-state index in [2.05, 4.69) is 12.2 Å². The van der Waals surface area contributed by atoms with Crippen LogP contribution in [0.25, 0.3) is 0 Å². The Balaban J connectivity index is 2.26. The van der Waals surface area contributed by atoms with Gasteiger partial charge in [-0.25, -0.2) is 4.79 Å². The Kier molecular flexibility index (Phi) is 8.16. The summed E-state index contributed by atoms with van der Waals surface area (Å²) in [5, 5.41) is 3.74. The van der Waals surface area contributed by atoms with Crippen molar-refractivity contribution in [2.45, 2.75) is 40.5 Å². The third kappa shape index (κ3) is 5.19. The summed E-state index contributed by atoms with van der Waals surface area (Å²) in [7, 11) is 0. The van der Waals surface area contributed by atoms with Crippen molar-refractivity contribution < 1.29 is 19.1 Å². The van der Waals surface area contributed by atoms with Crippen LogP contribution in [0.15, 0.2) is 12.1 Å². The maximum atomic E-state index is 12.7. The van der Waals surface area contributed by atoms with Crippen molar-refractivity contribution >= 4 is 51.4 Å². The van der Waals surface area contributed by atoms with E-state index in [1.165, 1.54) is 23.5 Å². The first kappa shape index (κ1) is 22.5. The molecule has 1 aromatic heterocycles. The van der Waals surface area contributed by atoms with Gasteiger partial charge in [0.2, 0.25) is 0 Å². The van der Waals surface area contributed by atoms with Gasteiger partial charge in [-0.15, -0.1) is 11.3 Å². The summed E-state index contributed by atoms with van der Waals surface area (Å²) in [5.41, 5.74) is 1.43. The van der Waals surface area contributed by atoms with Crippen LogP contribution in [0, 0.1) is 13.8 Å². The number of rotatable bonds is 8.